The highest BCUT2D eigenvalue weighted by atomic mass is 19.3. The third-order valence-corrected chi connectivity index (χ3v) is 7.82. The molecule has 3 aromatic rings. The van der Waals surface area contributed by atoms with Gasteiger partial charge in [-0.05, 0) is 64.4 Å². The van der Waals surface area contributed by atoms with Gasteiger partial charge in [-0.2, -0.15) is 9.61 Å². The summed E-state index contributed by atoms with van der Waals surface area (Å²) in [4.78, 5) is 17.8. The van der Waals surface area contributed by atoms with Gasteiger partial charge in [-0.1, -0.05) is 0 Å². The monoisotopic (exact) mass is 485 g/mol. The van der Waals surface area contributed by atoms with E-state index in [-0.39, 0.29) is 36.3 Å². The first kappa shape index (κ1) is 22.7. The summed E-state index contributed by atoms with van der Waals surface area (Å²) < 4.78 is 41.0. The predicted octanol–water partition coefficient (Wildman–Crippen LogP) is 4.89. The molecule has 8 nitrogen and oxygen atoms in total. The Morgan fingerprint density at radius 3 is 2.49 bits per heavy atom. The summed E-state index contributed by atoms with van der Waals surface area (Å²) >= 11 is 0. The quantitative estimate of drug-likeness (QED) is 0.519. The van der Waals surface area contributed by atoms with Crippen molar-refractivity contribution in [1.82, 2.24) is 24.8 Å². The zero-order valence-corrected chi connectivity index (χ0v) is 20.0. The summed E-state index contributed by atoms with van der Waals surface area (Å²) in [7, 11) is 0. The molecule has 0 spiro atoms. The zero-order valence-electron chi connectivity index (χ0n) is 20.0. The summed E-state index contributed by atoms with van der Waals surface area (Å²) in [6.45, 7) is 4.04. The van der Waals surface area contributed by atoms with Crippen LogP contribution in [-0.2, 0) is 4.74 Å². The van der Waals surface area contributed by atoms with Crippen LogP contribution < -0.4 is 5.56 Å². The lowest BCUT2D eigenvalue weighted by molar-refractivity contribution is -0.0382. The van der Waals surface area contributed by atoms with E-state index in [2.05, 4.69) is 15.2 Å². The third-order valence-electron chi connectivity index (χ3n) is 7.82. The Hall–Kier alpha value is -2.75. The molecule has 10 heteroatoms. The molecule has 3 fully saturated rings. The van der Waals surface area contributed by atoms with E-state index < -0.39 is 5.92 Å². The van der Waals surface area contributed by atoms with Gasteiger partial charge < -0.3 is 9.15 Å². The number of hydrogen-bond acceptors (Lipinski definition) is 7. The molecule has 0 amide bonds. The number of ether oxygens (including phenoxy) is 1. The van der Waals surface area contributed by atoms with Gasteiger partial charge in [0.2, 0.25) is 17.7 Å². The topological polar surface area (TPSA) is 95.4 Å². The van der Waals surface area contributed by atoms with Gasteiger partial charge >= 0.3 is 0 Å². The SMILES string of the molecule is Cc1nc2c(C3CCC(F)(F)CC3)cc([C@H]3CCO[C@@H](c4nnc(C5CC5)o4)C3)nn2c(=O)c1C. The fourth-order valence-electron chi connectivity index (χ4n) is 5.31. The zero-order chi connectivity index (χ0) is 24.3. The molecule has 0 aromatic carbocycles. The smallest absolute Gasteiger partial charge is 0.277 e. The van der Waals surface area contributed by atoms with Crippen molar-refractivity contribution >= 4 is 5.65 Å². The summed E-state index contributed by atoms with van der Waals surface area (Å²) in [5.41, 5.74) is 3.03. The van der Waals surface area contributed by atoms with E-state index in [9.17, 15) is 13.6 Å². The average Bonchev–Trinajstić information content (AvgIpc) is 3.59. The van der Waals surface area contributed by atoms with Gasteiger partial charge in [0.1, 0.15) is 6.10 Å². The maximum absolute atomic E-state index is 13.9. The van der Waals surface area contributed by atoms with E-state index in [0.717, 1.165) is 30.5 Å². The van der Waals surface area contributed by atoms with Crippen LogP contribution in [0, 0.1) is 13.8 Å². The first-order chi connectivity index (χ1) is 16.8. The van der Waals surface area contributed by atoms with Gasteiger partial charge in [0.15, 0.2) is 5.65 Å². The average molecular weight is 486 g/mol. The number of nitrogens with zero attached hydrogens (tertiary/aromatic N) is 5. The maximum atomic E-state index is 13.9. The van der Waals surface area contributed by atoms with Crippen molar-refractivity contribution < 1.29 is 17.9 Å². The van der Waals surface area contributed by atoms with Gasteiger partial charge in [0, 0.05) is 48.1 Å². The molecule has 3 aliphatic rings. The molecule has 0 N–H and O–H groups in total. The van der Waals surface area contributed by atoms with Crippen LogP contribution in [0.5, 0.6) is 0 Å². The summed E-state index contributed by atoms with van der Waals surface area (Å²) in [6, 6.07) is 1.99. The molecule has 0 radical (unpaired) electrons. The number of alkyl halides is 2. The summed E-state index contributed by atoms with van der Waals surface area (Å²) in [6.07, 6.45) is 3.55. The highest BCUT2D eigenvalue weighted by Gasteiger charge is 2.38. The first-order valence-electron chi connectivity index (χ1n) is 12.5. The molecule has 0 unspecified atom stereocenters. The number of fused-ring (bicyclic) bond motifs is 1. The highest BCUT2D eigenvalue weighted by molar-refractivity contribution is 5.51. The van der Waals surface area contributed by atoms with E-state index >= 15 is 0 Å². The molecule has 3 aromatic heterocycles. The molecule has 2 aliphatic carbocycles. The molecule has 35 heavy (non-hydrogen) atoms. The second kappa shape index (κ2) is 8.43. The predicted molar refractivity (Wildman–Crippen MR) is 122 cm³/mol. The molecule has 0 bridgehead atoms. The number of rotatable bonds is 4. The molecule has 2 saturated carbocycles. The van der Waals surface area contributed by atoms with Crippen LogP contribution in [0.4, 0.5) is 8.78 Å². The molecule has 1 aliphatic heterocycles. The number of aryl methyl sites for hydroxylation is 1. The van der Waals surface area contributed by atoms with Crippen LogP contribution in [0.2, 0.25) is 0 Å². The van der Waals surface area contributed by atoms with Crippen molar-refractivity contribution in [1.29, 1.82) is 0 Å². The molecule has 6 rings (SSSR count). The van der Waals surface area contributed by atoms with Gasteiger partial charge in [-0.3, -0.25) is 4.79 Å². The molecule has 1 saturated heterocycles. The fourth-order valence-corrected chi connectivity index (χ4v) is 5.31. The van der Waals surface area contributed by atoms with Crippen molar-refractivity contribution in [2.75, 3.05) is 6.61 Å². The van der Waals surface area contributed by atoms with E-state index in [1.807, 2.05) is 6.07 Å². The second-order valence-electron chi connectivity index (χ2n) is 10.4. The Labute approximate surface area is 201 Å². The van der Waals surface area contributed by atoms with Crippen molar-refractivity contribution in [2.45, 2.75) is 95.0 Å². The lowest BCUT2D eigenvalue weighted by Crippen LogP contribution is -2.28. The highest BCUT2D eigenvalue weighted by Crippen LogP contribution is 2.44. The Morgan fingerprint density at radius 1 is 1.00 bits per heavy atom. The first-order valence-corrected chi connectivity index (χ1v) is 12.5. The third kappa shape index (κ3) is 4.26. The maximum Gasteiger partial charge on any atom is 0.277 e. The number of halogens is 2. The van der Waals surface area contributed by atoms with Crippen molar-refractivity contribution in [3.8, 4) is 0 Å². The molecular weight excluding hydrogens is 456 g/mol. The Kier molecular flexibility index (Phi) is 5.47. The van der Waals surface area contributed by atoms with Crippen LogP contribution in [-0.4, -0.2) is 37.3 Å². The van der Waals surface area contributed by atoms with Crippen molar-refractivity contribution in [3.05, 3.63) is 50.7 Å². The largest absolute Gasteiger partial charge is 0.422 e. The Morgan fingerprint density at radius 2 is 1.74 bits per heavy atom. The second-order valence-corrected chi connectivity index (χ2v) is 10.4. The summed E-state index contributed by atoms with van der Waals surface area (Å²) in [5.74, 6) is -1.18. The molecular formula is C25H29F2N5O3. The number of aromatic nitrogens is 5. The van der Waals surface area contributed by atoms with Crippen molar-refractivity contribution in [2.24, 2.45) is 0 Å². The van der Waals surface area contributed by atoms with E-state index in [4.69, 9.17) is 14.3 Å². The Balaban J connectivity index is 1.37. The van der Waals surface area contributed by atoms with Gasteiger partial charge in [-0.25, -0.2) is 13.8 Å². The van der Waals surface area contributed by atoms with Crippen LogP contribution in [0.25, 0.3) is 5.65 Å². The van der Waals surface area contributed by atoms with E-state index in [0.29, 0.717) is 60.5 Å². The molecule has 186 valence electrons. The van der Waals surface area contributed by atoms with E-state index in [1.165, 1.54) is 4.52 Å². The summed E-state index contributed by atoms with van der Waals surface area (Å²) in [5, 5.41) is 13.1. The fraction of sp³-hybridized carbons (Fsp3) is 0.640. The molecule has 4 heterocycles. The van der Waals surface area contributed by atoms with E-state index in [1.54, 1.807) is 13.8 Å². The number of hydrogen-bond donors (Lipinski definition) is 0. The molecule has 2 atom stereocenters. The lowest BCUT2D eigenvalue weighted by Gasteiger charge is -2.30. The normalized spacial score (nSPS) is 25.3. The van der Waals surface area contributed by atoms with Gasteiger partial charge in [0.25, 0.3) is 5.56 Å². The Bertz CT molecular complexity index is 1320. The van der Waals surface area contributed by atoms with Crippen molar-refractivity contribution in [3.63, 3.8) is 0 Å². The van der Waals surface area contributed by atoms with Crippen LogP contribution in [0.3, 0.4) is 0 Å². The lowest BCUT2D eigenvalue weighted by atomic mass is 9.81. The van der Waals surface area contributed by atoms with Gasteiger partial charge in [0.05, 0.1) is 5.69 Å². The minimum Gasteiger partial charge on any atom is -0.422 e. The minimum absolute atomic E-state index is 0.00622. The minimum atomic E-state index is -2.63. The van der Waals surface area contributed by atoms with Crippen LogP contribution >= 0.6 is 0 Å². The van der Waals surface area contributed by atoms with Crippen LogP contribution in [0.15, 0.2) is 15.3 Å². The van der Waals surface area contributed by atoms with Crippen LogP contribution in [0.1, 0.15) is 110 Å². The van der Waals surface area contributed by atoms with Gasteiger partial charge in [-0.15, -0.1) is 10.2 Å². The standard InChI is InChI=1S/C25H29F2N5O3/c1-13-14(2)28-21-18(15-5-8-25(26,27)9-6-15)12-19(31-32(21)24(13)33)17-7-10-34-20(11-17)23-30-29-22(35-23)16-3-4-16/h12,15-17,20H,3-11H2,1-2H3/t17-,20+/m0/s1.